The third-order valence-electron chi connectivity index (χ3n) is 4.48. The summed E-state index contributed by atoms with van der Waals surface area (Å²) in [6.45, 7) is 6.91. The molecule has 27 heavy (non-hydrogen) atoms. The number of thiazole rings is 1. The number of thiophene rings is 1. The maximum absolute atomic E-state index is 13.1. The highest BCUT2D eigenvalue weighted by Crippen LogP contribution is 2.18. The largest absolute Gasteiger partial charge is 0.343 e. The zero-order valence-electron chi connectivity index (χ0n) is 16.0. The van der Waals surface area contributed by atoms with Gasteiger partial charge in [0.25, 0.3) is 5.91 Å². The highest BCUT2D eigenvalue weighted by molar-refractivity contribution is 7.10. The first-order valence-corrected chi connectivity index (χ1v) is 10.6. The molecule has 0 N–H and O–H groups in total. The van der Waals surface area contributed by atoms with Crippen LogP contribution in [0.3, 0.4) is 0 Å². The Balaban J connectivity index is 1.98. The molecule has 0 atom stereocenters. The zero-order valence-corrected chi connectivity index (χ0v) is 17.6. The molecule has 0 spiro atoms. The molecule has 0 aromatic carbocycles. The second-order valence-corrected chi connectivity index (χ2v) is 8.60. The first-order valence-electron chi connectivity index (χ1n) is 8.82. The van der Waals surface area contributed by atoms with Crippen molar-refractivity contribution in [2.45, 2.75) is 40.3 Å². The Morgan fingerprint density at radius 2 is 2.07 bits per heavy atom. The van der Waals surface area contributed by atoms with Crippen LogP contribution in [0.4, 0.5) is 0 Å². The number of amides is 1. The topological polar surface area (TPSA) is 55.2 Å². The Hall–Kier alpha value is -2.25. The minimum absolute atomic E-state index is 0.210. The highest BCUT2D eigenvalue weighted by Gasteiger charge is 2.23. The Morgan fingerprint density at radius 1 is 1.30 bits per heavy atom. The summed E-state index contributed by atoms with van der Waals surface area (Å²) in [5, 5.41) is 4.95. The molecule has 0 fully saturated rings. The second-order valence-electron chi connectivity index (χ2n) is 6.51. The molecule has 0 aliphatic heterocycles. The van der Waals surface area contributed by atoms with E-state index in [1.165, 1.54) is 4.88 Å². The third kappa shape index (κ3) is 4.20. The lowest BCUT2D eigenvalue weighted by Gasteiger charge is -2.22. The summed E-state index contributed by atoms with van der Waals surface area (Å²) in [4.78, 5) is 33.0. The van der Waals surface area contributed by atoms with E-state index in [2.05, 4.69) is 15.6 Å². The minimum atomic E-state index is -0.248. The van der Waals surface area contributed by atoms with E-state index in [-0.39, 0.29) is 16.9 Å². The van der Waals surface area contributed by atoms with E-state index in [1.54, 1.807) is 40.7 Å². The first kappa shape index (κ1) is 19.5. The maximum atomic E-state index is 13.1. The van der Waals surface area contributed by atoms with E-state index in [1.807, 2.05) is 37.6 Å². The van der Waals surface area contributed by atoms with Crippen molar-refractivity contribution in [3.05, 3.63) is 71.7 Å². The second kappa shape index (κ2) is 8.19. The van der Waals surface area contributed by atoms with Gasteiger partial charge in [-0.05, 0) is 31.7 Å². The van der Waals surface area contributed by atoms with Crippen LogP contribution in [0.25, 0.3) is 0 Å². The van der Waals surface area contributed by atoms with Crippen molar-refractivity contribution in [1.29, 1.82) is 0 Å². The van der Waals surface area contributed by atoms with Crippen molar-refractivity contribution in [3.63, 3.8) is 0 Å². The summed E-state index contributed by atoms with van der Waals surface area (Å²) in [6.07, 6.45) is 0.618. The average molecular weight is 402 g/mol. The standard InChI is InChI=1S/C20H23N3O2S2/c1-5-17-19(20(25)22(4)10-15-12-27-14(3)21-15)18(24)9-13(2)23(17)11-16-7-6-8-26-16/h6-9,12H,5,10-11H2,1-4H3. The Labute approximate surface area is 166 Å². The van der Waals surface area contributed by atoms with E-state index in [4.69, 9.17) is 0 Å². The number of carbonyl (C=O) groups is 1. The number of hydrogen-bond acceptors (Lipinski definition) is 5. The van der Waals surface area contributed by atoms with Gasteiger partial charge in [0.05, 0.1) is 23.8 Å². The smallest absolute Gasteiger partial charge is 0.259 e. The van der Waals surface area contributed by atoms with Crippen LogP contribution in [0.5, 0.6) is 0 Å². The molecule has 1 amide bonds. The summed E-state index contributed by atoms with van der Waals surface area (Å²) in [5.74, 6) is -0.248. The molecule has 3 rings (SSSR count). The molecule has 7 heteroatoms. The van der Waals surface area contributed by atoms with Gasteiger partial charge in [0.2, 0.25) is 0 Å². The number of pyridine rings is 1. The van der Waals surface area contributed by atoms with E-state index >= 15 is 0 Å². The van der Waals surface area contributed by atoms with Gasteiger partial charge in [-0.3, -0.25) is 9.59 Å². The average Bonchev–Trinajstić information content (AvgIpc) is 3.28. The van der Waals surface area contributed by atoms with Gasteiger partial charge in [0, 0.05) is 34.8 Å². The molecular formula is C20H23N3O2S2. The van der Waals surface area contributed by atoms with Crippen LogP contribution in [0.2, 0.25) is 0 Å². The summed E-state index contributed by atoms with van der Waals surface area (Å²) in [5.41, 5.74) is 2.57. The molecule has 3 aromatic heterocycles. The lowest BCUT2D eigenvalue weighted by molar-refractivity contribution is 0.0780. The molecule has 0 saturated carbocycles. The molecule has 0 bridgehead atoms. The quantitative estimate of drug-likeness (QED) is 0.630. The zero-order chi connectivity index (χ0) is 19.6. The van der Waals surface area contributed by atoms with Crippen LogP contribution < -0.4 is 5.43 Å². The van der Waals surface area contributed by atoms with E-state index in [0.717, 1.165) is 22.1 Å². The summed E-state index contributed by atoms with van der Waals surface area (Å²) < 4.78 is 2.08. The van der Waals surface area contributed by atoms with E-state index in [0.29, 0.717) is 19.5 Å². The number of rotatable bonds is 6. The number of carbonyl (C=O) groups excluding carboxylic acids is 1. The molecular weight excluding hydrogens is 378 g/mol. The van der Waals surface area contributed by atoms with Gasteiger partial charge in [0.1, 0.15) is 5.56 Å². The van der Waals surface area contributed by atoms with Gasteiger partial charge in [-0.1, -0.05) is 13.0 Å². The number of nitrogens with zero attached hydrogens (tertiary/aromatic N) is 3. The van der Waals surface area contributed by atoms with Gasteiger partial charge < -0.3 is 9.47 Å². The molecule has 3 aromatic rings. The van der Waals surface area contributed by atoms with Crippen LogP contribution in [-0.2, 0) is 19.5 Å². The molecule has 0 saturated heterocycles. The molecule has 0 unspecified atom stereocenters. The third-order valence-corrected chi connectivity index (χ3v) is 6.17. The fourth-order valence-electron chi connectivity index (χ4n) is 3.19. The van der Waals surface area contributed by atoms with Crippen LogP contribution >= 0.6 is 22.7 Å². The van der Waals surface area contributed by atoms with Crippen molar-refractivity contribution in [2.24, 2.45) is 0 Å². The number of aromatic nitrogens is 2. The van der Waals surface area contributed by atoms with Crippen LogP contribution in [0.1, 0.15) is 44.2 Å². The normalized spacial score (nSPS) is 11.0. The van der Waals surface area contributed by atoms with Gasteiger partial charge in [-0.15, -0.1) is 22.7 Å². The molecule has 0 aliphatic rings. The SMILES string of the molecule is CCc1c(C(=O)N(C)Cc2csc(C)n2)c(=O)cc(C)n1Cc1cccs1. The molecule has 0 aliphatic carbocycles. The highest BCUT2D eigenvalue weighted by atomic mass is 32.1. The van der Waals surface area contributed by atoms with Gasteiger partial charge in [-0.2, -0.15) is 0 Å². The maximum Gasteiger partial charge on any atom is 0.259 e. The molecule has 3 heterocycles. The van der Waals surface area contributed by atoms with Crippen molar-refractivity contribution >= 4 is 28.6 Å². The fourth-order valence-corrected chi connectivity index (χ4v) is 4.49. The van der Waals surface area contributed by atoms with Gasteiger partial charge >= 0.3 is 0 Å². The Bertz CT molecular complexity index is 1000. The predicted molar refractivity (Wildman–Crippen MR) is 111 cm³/mol. The van der Waals surface area contributed by atoms with Gasteiger partial charge in [-0.25, -0.2) is 4.98 Å². The van der Waals surface area contributed by atoms with Crippen molar-refractivity contribution in [1.82, 2.24) is 14.5 Å². The lowest BCUT2D eigenvalue weighted by atomic mass is 10.1. The van der Waals surface area contributed by atoms with Crippen molar-refractivity contribution in [3.8, 4) is 0 Å². The van der Waals surface area contributed by atoms with Crippen molar-refractivity contribution in [2.75, 3.05) is 7.05 Å². The van der Waals surface area contributed by atoms with Crippen LogP contribution in [-0.4, -0.2) is 27.4 Å². The Kier molecular flexibility index (Phi) is 5.92. The molecule has 142 valence electrons. The van der Waals surface area contributed by atoms with Crippen molar-refractivity contribution < 1.29 is 4.79 Å². The van der Waals surface area contributed by atoms with Crippen LogP contribution in [0, 0.1) is 13.8 Å². The summed E-state index contributed by atoms with van der Waals surface area (Å²) in [7, 11) is 1.72. The minimum Gasteiger partial charge on any atom is -0.343 e. The molecule has 5 nitrogen and oxygen atoms in total. The monoisotopic (exact) mass is 401 g/mol. The summed E-state index contributed by atoms with van der Waals surface area (Å²) in [6, 6.07) is 5.65. The lowest BCUT2D eigenvalue weighted by Crippen LogP contribution is -2.34. The van der Waals surface area contributed by atoms with E-state index in [9.17, 15) is 9.59 Å². The van der Waals surface area contributed by atoms with E-state index < -0.39 is 0 Å². The Morgan fingerprint density at radius 3 is 2.67 bits per heavy atom. The number of aryl methyl sites for hydroxylation is 2. The van der Waals surface area contributed by atoms with Crippen LogP contribution in [0.15, 0.2) is 33.8 Å². The van der Waals surface area contributed by atoms with Gasteiger partial charge in [0.15, 0.2) is 5.43 Å². The fraction of sp³-hybridized carbons (Fsp3) is 0.350. The number of hydrogen-bond donors (Lipinski definition) is 0. The molecule has 0 radical (unpaired) electrons. The predicted octanol–water partition coefficient (Wildman–Crippen LogP) is 3.87. The summed E-state index contributed by atoms with van der Waals surface area (Å²) >= 11 is 3.23. The first-order chi connectivity index (χ1) is 12.9.